The molecule has 0 aliphatic carbocycles. The Labute approximate surface area is 170 Å². The third kappa shape index (κ3) is 10.4. The number of hydrogen-bond donors (Lipinski definition) is 6. The Morgan fingerprint density at radius 3 is 1.90 bits per heavy atom. The maximum Gasteiger partial charge on any atom is 0.326 e. The minimum absolute atomic E-state index is 0.0836. The number of primary amides is 1. The van der Waals surface area contributed by atoms with Gasteiger partial charge in [0, 0.05) is 6.42 Å². The van der Waals surface area contributed by atoms with Crippen molar-refractivity contribution < 1.29 is 29.1 Å². The van der Waals surface area contributed by atoms with Crippen molar-refractivity contribution in [1.29, 1.82) is 0 Å². The van der Waals surface area contributed by atoms with Crippen molar-refractivity contribution in [3.63, 3.8) is 0 Å². The summed E-state index contributed by atoms with van der Waals surface area (Å²) in [7, 11) is 0. The van der Waals surface area contributed by atoms with E-state index in [0.29, 0.717) is 6.42 Å². The molecule has 0 saturated heterocycles. The molecule has 0 aliphatic rings. The number of hydrogen-bond acceptors (Lipinski definition) is 6. The highest BCUT2D eigenvalue weighted by atomic mass is 16.4. The molecule has 3 atom stereocenters. The van der Waals surface area contributed by atoms with Crippen molar-refractivity contribution >= 4 is 29.6 Å². The summed E-state index contributed by atoms with van der Waals surface area (Å²) in [6.07, 6.45) is -0.0460. The Morgan fingerprint density at radius 1 is 0.897 bits per heavy atom. The van der Waals surface area contributed by atoms with Crippen LogP contribution in [0.5, 0.6) is 0 Å². The fourth-order valence-corrected chi connectivity index (χ4v) is 2.55. The summed E-state index contributed by atoms with van der Waals surface area (Å²) in [5.41, 5.74) is 10.3. The molecule has 0 heterocycles. The van der Waals surface area contributed by atoms with Crippen molar-refractivity contribution in [2.45, 2.75) is 65.1 Å². The van der Waals surface area contributed by atoms with Gasteiger partial charge < -0.3 is 32.5 Å². The van der Waals surface area contributed by atoms with Gasteiger partial charge in [-0.25, -0.2) is 4.79 Å². The van der Waals surface area contributed by atoms with Crippen LogP contribution in [0.2, 0.25) is 0 Å². The van der Waals surface area contributed by atoms with Crippen LogP contribution in [-0.4, -0.2) is 59.4 Å². The Bertz CT molecular complexity index is 608. The molecule has 0 fully saturated rings. The van der Waals surface area contributed by atoms with Gasteiger partial charge in [0.15, 0.2) is 0 Å². The molecular weight excluding hydrogens is 382 g/mol. The highest BCUT2D eigenvalue weighted by Gasteiger charge is 2.31. The van der Waals surface area contributed by atoms with Crippen LogP contribution in [0, 0.1) is 11.8 Å². The molecule has 0 aromatic rings. The lowest BCUT2D eigenvalue weighted by Gasteiger charge is -2.27. The lowest BCUT2D eigenvalue weighted by molar-refractivity contribution is -0.143. The van der Waals surface area contributed by atoms with Gasteiger partial charge in [0.05, 0.1) is 6.54 Å². The second kappa shape index (κ2) is 12.7. The van der Waals surface area contributed by atoms with E-state index in [2.05, 4.69) is 16.0 Å². The number of nitrogens with one attached hydrogen (secondary N) is 3. The molecule has 3 unspecified atom stereocenters. The van der Waals surface area contributed by atoms with E-state index in [1.165, 1.54) is 0 Å². The Kier molecular flexibility index (Phi) is 11.5. The highest BCUT2D eigenvalue weighted by molar-refractivity contribution is 5.93. The van der Waals surface area contributed by atoms with Crippen LogP contribution in [0.1, 0.15) is 47.0 Å². The first-order valence-corrected chi connectivity index (χ1v) is 9.50. The predicted octanol–water partition coefficient (Wildman–Crippen LogP) is -1.55. The van der Waals surface area contributed by atoms with Gasteiger partial charge >= 0.3 is 5.97 Å². The van der Waals surface area contributed by atoms with Gasteiger partial charge in [0.1, 0.15) is 18.1 Å². The molecule has 0 saturated carbocycles. The molecule has 166 valence electrons. The summed E-state index contributed by atoms with van der Waals surface area (Å²) in [6, 6.07) is -3.25. The SMILES string of the molecule is CC(C)CC(NC(=O)CN)C(=O)NC(C(=O)NC(CCC(N)=O)C(=O)O)C(C)C. The molecule has 0 spiro atoms. The summed E-state index contributed by atoms with van der Waals surface area (Å²) in [5, 5.41) is 16.6. The molecule has 11 heteroatoms. The van der Waals surface area contributed by atoms with Crippen LogP contribution in [-0.2, 0) is 24.0 Å². The average Bonchev–Trinajstić information content (AvgIpc) is 2.60. The molecule has 11 nitrogen and oxygen atoms in total. The Morgan fingerprint density at radius 2 is 1.48 bits per heavy atom. The van der Waals surface area contributed by atoms with Crippen LogP contribution >= 0.6 is 0 Å². The summed E-state index contributed by atoms with van der Waals surface area (Å²) in [4.78, 5) is 59.1. The standard InChI is InChI=1S/C18H33N5O6/c1-9(2)7-12(21-14(25)8-19)16(26)23-15(10(3)4)17(27)22-11(18(28)29)5-6-13(20)24/h9-12,15H,5-8,19H2,1-4H3,(H2,20,24)(H,21,25)(H,22,27)(H,23,26)(H,28,29). The van der Waals surface area contributed by atoms with Gasteiger partial charge in [-0.05, 0) is 24.7 Å². The first-order valence-electron chi connectivity index (χ1n) is 9.50. The van der Waals surface area contributed by atoms with E-state index in [9.17, 15) is 29.1 Å². The minimum atomic E-state index is -1.32. The van der Waals surface area contributed by atoms with Crippen molar-refractivity contribution in [1.82, 2.24) is 16.0 Å². The predicted molar refractivity (Wildman–Crippen MR) is 105 cm³/mol. The smallest absolute Gasteiger partial charge is 0.326 e. The van der Waals surface area contributed by atoms with Gasteiger partial charge in [-0.3, -0.25) is 19.2 Å². The first-order chi connectivity index (χ1) is 13.4. The maximum absolute atomic E-state index is 12.7. The van der Waals surface area contributed by atoms with Crippen molar-refractivity contribution in [2.75, 3.05) is 6.54 Å². The molecule has 0 radical (unpaired) electrons. The molecule has 4 amide bonds. The fraction of sp³-hybridized carbons (Fsp3) is 0.722. The van der Waals surface area contributed by atoms with E-state index < -0.39 is 47.7 Å². The summed E-state index contributed by atoms with van der Waals surface area (Å²) in [5.74, 6) is -4.08. The van der Waals surface area contributed by atoms with Gasteiger partial charge in [-0.15, -0.1) is 0 Å². The summed E-state index contributed by atoms with van der Waals surface area (Å²) < 4.78 is 0. The average molecular weight is 415 g/mol. The van der Waals surface area contributed by atoms with E-state index in [1.807, 2.05) is 13.8 Å². The molecule has 0 bridgehead atoms. The summed E-state index contributed by atoms with van der Waals surface area (Å²) >= 11 is 0. The zero-order valence-electron chi connectivity index (χ0n) is 17.4. The highest BCUT2D eigenvalue weighted by Crippen LogP contribution is 2.09. The summed E-state index contributed by atoms with van der Waals surface area (Å²) in [6.45, 7) is 6.82. The number of amides is 4. The van der Waals surface area contributed by atoms with E-state index in [4.69, 9.17) is 11.5 Å². The molecule has 8 N–H and O–H groups in total. The van der Waals surface area contributed by atoms with E-state index in [1.54, 1.807) is 13.8 Å². The first kappa shape index (κ1) is 26.3. The van der Waals surface area contributed by atoms with Crippen LogP contribution in [0.3, 0.4) is 0 Å². The molecular formula is C18H33N5O6. The normalized spacial score (nSPS) is 14.0. The minimum Gasteiger partial charge on any atom is -0.480 e. The fourth-order valence-electron chi connectivity index (χ4n) is 2.55. The van der Waals surface area contributed by atoms with Crippen molar-refractivity contribution in [3.8, 4) is 0 Å². The molecule has 0 aromatic heterocycles. The number of carbonyl (C=O) groups excluding carboxylic acids is 4. The van der Waals surface area contributed by atoms with E-state index in [0.717, 1.165) is 0 Å². The van der Waals surface area contributed by atoms with Crippen LogP contribution in [0.15, 0.2) is 0 Å². The third-order valence-electron chi connectivity index (χ3n) is 4.09. The molecule has 29 heavy (non-hydrogen) atoms. The van der Waals surface area contributed by atoms with Gasteiger partial charge in [-0.1, -0.05) is 27.7 Å². The van der Waals surface area contributed by atoms with E-state index >= 15 is 0 Å². The number of carboxylic acids is 1. The zero-order valence-corrected chi connectivity index (χ0v) is 17.4. The van der Waals surface area contributed by atoms with Crippen molar-refractivity contribution in [3.05, 3.63) is 0 Å². The van der Waals surface area contributed by atoms with E-state index in [-0.39, 0.29) is 31.2 Å². The topological polar surface area (TPSA) is 194 Å². The maximum atomic E-state index is 12.7. The number of carbonyl (C=O) groups is 5. The van der Waals surface area contributed by atoms with Crippen molar-refractivity contribution in [2.24, 2.45) is 23.3 Å². The van der Waals surface area contributed by atoms with Gasteiger partial charge in [-0.2, -0.15) is 0 Å². The molecule has 0 rings (SSSR count). The second-order valence-corrected chi connectivity index (χ2v) is 7.59. The quantitative estimate of drug-likeness (QED) is 0.209. The lowest BCUT2D eigenvalue weighted by Crippen LogP contribution is -2.58. The number of carboxylic acid groups (broad SMARTS) is 1. The van der Waals surface area contributed by atoms with Crippen LogP contribution < -0.4 is 27.4 Å². The number of nitrogens with two attached hydrogens (primary N) is 2. The van der Waals surface area contributed by atoms with Crippen LogP contribution in [0.4, 0.5) is 0 Å². The molecule has 0 aliphatic heterocycles. The molecule has 0 aromatic carbocycles. The number of aliphatic carboxylic acids is 1. The zero-order chi connectivity index (χ0) is 22.7. The van der Waals surface area contributed by atoms with Gasteiger partial charge in [0.25, 0.3) is 0 Å². The Balaban J connectivity index is 5.27. The monoisotopic (exact) mass is 415 g/mol. The lowest BCUT2D eigenvalue weighted by atomic mass is 9.99. The van der Waals surface area contributed by atoms with Crippen LogP contribution in [0.25, 0.3) is 0 Å². The van der Waals surface area contributed by atoms with Gasteiger partial charge in [0.2, 0.25) is 23.6 Å². The second-order valence-electron chi connectivity index (χ2n) is 7.59. The largest absolute Gasteiger partial charge is 0.480 e. The number of rotatable bonds is 13. The Hall–Kier alpha value is -2.69. The third-order valence-corrected chi connectivity index (χ3v) is 4.09.